The van der Waals surface area contributed by atoms with Crippen LogP contribution in [0.1, 0.15) is 29.8 Å². The van der Waals surface area contributed by atoms with Crippen LogP contribution in [0.25, 0.3) is 5.69 Å². The lowest BCUT2D eigenvalue weighted by Gasteiger charge is -2.31. The molecule has 1 aliphatic heterocycles. The molecule has 1 N–H and O–H groups in total. The van der Waals surface area contributed by atoms with Crippen molar-refractivity contribution in [1.29, 1.82) is 0 Å². The molecule has 33 heavy (non-hydrogen) atoms. The number of hydrogen-bond acceptors (Lipinski definition) is 5. The van der Waals surface area contributed by atoms with Gasteiger partial charge >= 0.3 is 12.0 Å². The molecule has 0 radical (unpaired) electrons. The van der Waals surface area contributed by atoms with Crippen molar-refractivity contribution in [2.75, 3.05) is 27.4 Å². The number of carbonyl (C=O) groups is 2. The molecule has 3 aromatic rings. The maximum atomic E-state index is 13.4. The van der Waals surface area contributed by atoms with E-state index in [9.17, 15) is 9.59 Å². The summed E-state index contributed by atoms with van der Waals surface area (Å²) in [7, 11) is 3.16. The van der Waals surface area contributed by atoms with E-state index in [1.807, 2.05) is 60.8 Å². The molecule has 0 unspecified atom stereocenters. The molecular weight excluding hydrogens is 422 g/mol. The first-order valence-electron chi connectivity index (χ1n) is 10.7. The van der Waals surface area contributed by atoms with Crippen molar-refractivity contribution in [3.05, 3.63) is 77.6 Å². The van der Waals surface area contributed by atoms with Gasteiger partial charge in [-0.1, -0.05) is 24.3 Å². The maximum Gasteiger partial charge on any atom is 0.325 e. The van der Waals surface area contributed by atoms with Gasteiger partial charge in [0.15, 0.2) is 11.5 Å². The Morgan fingerprint density at radius 3 is 2.58 bits per heavy atom. The first kappa shape index (κ1) is 22.3. The van der Waals surface area contributed by atoms with Crippen LogP contribution in [0, 0.1) is 0 Å². The third kappa shape index (κ3) is 4.37. The van der Waals surface area contributed by atoms with E-state index in [0.29, 0.717) is 18.0 Å². The van der Waals surface area contributed by atoms with Crippen LogP contribution in [0.5, 0.6) is 11.5 Å². The molecule has 0 saturated heterocycles. The molecule has 2 aromatic carbocycles. The number of nitrogens with zero attached hydrogens (tertiary/aromatic N) is 2. The molecule has 0 fully saturated rings. The van der Waals surface area contributed by atoms with E-state index < -0.39 is 12.0 Å². The Morgan fingerprint density at radius 1 is 1.03 bits per heavy atom. The molecule has 0 bridgehead atoms. The fourth-order valence-electron chi connectivity index (χ4n) is 4.17. The van der Waals surface area contributed by atoms with E-state index in [0.717, 1.165) is 22.5 Å². The number of para-hydroxylation sites is 1. The average Bonchev–Trinajstić information content (AvgIpc) is 3.26. The Hall–Kier alpha value is -3.94. The molecule has 2 heterocycles. The van der Waals surface area contributed by atoms with Crippen LogP contribution in [0.2, 0.25) is 0 Å². The summed E-state index contributed by atoms with van der Waals surface area (Å²) in [5.41, 5.74) is 3.76. The second-order valence-electron chi connectivity index (χ2n) is 7.54. The number of nitrogens with one attached hydrogen (secondary N) is 1. The van der Waals surface area contributed by atoms with E-state index in [-0.39, 0.29) is 19.2 Å². The van der Waals surface area contributed by atoms with Crippen molar-refractivity contribution in [1.82, 2.24) is 14.8 Å². The van der Waals surface area contributed by atoms with Crippen molar-refractivity contribution >= 4 is 12.0 Å². The van der Waals surface area contributed by atoms with E-state index in [1.54, 1.807) is 26.0 Å². The summed E-state index contributed by atoms with van der Waals surface area (Å²) < 4.78 is 18.0. The summed E-state index contributed by atoms with van der Waals surface area (Å²) in [5.74, 6) is 0.695. The monoisotopic (exact) mass is 449 g/mol. The highest BCUT2D eigenvalue weighted by Gasteiger charge is 2.33. The molecule has 0 spiro atoms. The van der Waals surface area contributed by atoms with Crippen LogP contribution in [-0.4, -0.2) is 48.8 Å². The number of benzene rings is 2. The van der Waals surface area contributed by atoms with Gasteiger partial charge in [0.1, 0.15) is 6.54 Å². The molecule has 2 amide bonds. The minimum atomic E-state index is -0.480. The molecule has 1 aliphatic rings. The Bertz CT molecular complexity index is 1160. The quantitative estimate of drug-likeness (QED) is 0.581. The Balaban J connectivity index is 1.80. The first-order valence-corrected chi connectivity index (χ1v) is 10.7. The fourth-order valence-corrected chi connectivity index (χ4v) is 4.17. The molecular formula is C25H27N3O5. The minimum absolute atomic E-state index is 0.204. The van der Waals surface area contributed by atoms with E-state index in [2.05, 4.69) is 9.88 Å². The number of ether oxygens (including phenoxy) is 3. The lowest BCUT2D eigenvalue weighted by Crippen LogP contribution is -2.44. The number of urea groups is 1. The molecule has 172 valence electrons. The van der Waals surface area contributed by atoms with Gasteiger partial charge in [-0.3, -0.25) is 4.79 Å². The lowest BCUT2D eigenvalue weighted by molar-refractivity contribution is -0.141. The third-order valence-electron chi connectivity index (χ3n) is 5.64. The zero-order chi connectivity index (χ0) is 23.4. The van der Waals surface area contributed by atoms with Gasteiger partial charge in [0.25, 0.3) is 0 Å². The molecule has 8 nitrogen and oxygen atoms in total. The number of hydrogen-bond donors (Lipinski definition) is 1. The highest BCUT2D eigenvalue weighted by molar-refractivity contribution is 5.81. The number of carbonyl (C=O) groups excluding carboxylic acids is 2. The Morgan fingerprint density at radius 2 is 1.82 bits per heavy atom. The van der Waals surface area contributed by atoms with Crippen LogP contribution < -0.4 is 14.8 Å². The van der Waals surface area contributed by atoms with Crippen molar-refractivity contribution < 1.29 is 23.8 Å². The second-order valence-corrected chi connectivity index (χ2v) is 7.54. The normalized spacial score (nSPS) is 14.5. The molecule has 8 heteroatoms. The van der Waals surface area contributed by atoms with Gasteiger partial charge < -0.3 is 29.0 Å². The summed E-state index contributed by atoms with van der Waals surface area (Å²) >= 11 is 0. The minimum Gasteiger partial charge on any atom is -0.493 e. The lowest BCUT2D eigenvalue weighted by atomic mass is 10.0. The number of amides is 2. The number of rotatable bonds is 6. The van der Waals surface area contributed by atoms with E-state index in [1.165, 1.54) is 0 Å². The summed E-state index contributed by atoms with van der Waals surface area (Å²) in [6.45, 7) is 2.14. The van der Waals surface area contributed by atoms with Crippen LogP contribution in [-0.2, 0) is 16.1 Å². The second kappa shape index (κ2) is 9.68. The van der Waals surface area contributed by atoms with Crippen molar-refractivity contribution in [3.63, 3.8) is 0 Å². The van der Waals surface area contributed by atoms with Crippen molar-refractivity contribution in [3.8, 4) is 17.2 Å². The Kier molecular flexibility index (Phi) is 6.53. The molecule has 1 atom stereocenters. The highest BCUT2D eigenvalue weighted by Crippen LogP contribution is 2.39. The predicted octanol–water partition coefficient (Wildman–Crippen LogP) is 3.67. The van der Waals surface area contributed by atoms with Gasteiger partial charge in [-0.2, -0.15) is 0 Å². The average molecular weight is 450 g/mol. The van der Waals surface area contributed by atoms with Gasteiger partial charge in [0, 0.05) is 11.9 Å². The van der Waals surface area contributed by atoms with Crippen molar-refractivity contribution in [2.45, 2.75) is 19.5 Å². The zero-order valence-corrected chi connectivity index (χ0v) is 18.9. The summed E-state index contributed by atoms with van der Waals surface area (Å²) in [5, 5.41) is 2.72. The standard InChI is InChI=1S/C25H27N3O5/c1-4-33-23(29)15-26-25(30)28-16-18-8-5-6-9-19(18)27-13-7-10-20(27)24(28)17-11-12-21(31-2)22(14-17)32-3/h5-14,24H,4,15-16H2,1-3H3,(H,26,30)/t24-/m1/s1. The van der Waals surface area contributed by atoms with Gasteiger partial charge in [-0.15, -0.1) is 0 Å². The molecule has 0 aliphatic carbocycles. The largest absolute Gasteiger partial charge is 0.493 e. The number of esters is 1. The van der Waals surface area contributed by atoms with Crippen LogP contribution >= 0.6 is 0 Å². The Labute approximate surface area is 192 Å². The highest BCUT2D eigenvalue weighted by atomic mass is 16.5. The zero-order valence-electron chi connectivity index (χ0n) is 18.9. The van der Waals surface area contributed by atoms with Gasteiger partial charge in [0.05, 0.1) is 39.1 Å². The third-order valence-corrected chi connectivity index (χ3v) is 5.64. The molecule has 0 saturated carbocycles. The maximum absolute atomic E-state index is 13.4. The van der Waals surface area contributed by atoms with Gasteiger partial charge in [-0.05, 0) is 48.4 Å². The van der Waals surface area contributed by atoms with Gasteiger partial charge in [0.2, 0.25) is 0 Å². The van der Waals surface area contributed by atoms with Crippen molar-refractivity contribution in [2.24, 2.45) is 0 Å². The SMILES string of the molecule is CCOC(=O)CNC(=O)N1Cc2ccccc2-n2cccc2[C@H]1c1ccc(OC)c(OC)c1. The summed E-state index contributed by atoms with van der Waals surface area (Å²) in [4.78, 5) is 27.0. The summed E-state index contributed by atoms with van der Waals surface area (Å²) in [6.07, 6.45) is 1.99. The van der Waals surface area contributed by atoms with E-state index >= 15 is 0 Å². The smallest absolute Gasteiger partial charge is 0.325 e. The topological polar surface area (TPSA) is 82.0 Å². The van der Waals surface area contributed by atoms with Crippen LogP contribution in [0.4, 0.5) is 4.79 Å². The predicted molar refractivity (Wildman–Crippen MR) is 123 cm³/mol. The van der Waals surface area contributed by atoms with E-state index in [4.69, 9.17) is 14.2 Å². The van der Waals surface area contributed by atoms with Gasteiger partial charge in [-0.25, -0.2) is 4.79 Å². The first-order chi connectivity index (χ1) is 16.1. The molecule has 1 aromatic heterocycles. The fraction of sp³-hybridized carbons (Fsp3) is 0.280. The number of aromatic nitrogens is 1. The molecule has 4 rings (SSSR count). The number of methoxy groups -OCH3 is 2. The number of fused-ring (bicyclic) bond motifs is 3. The summed E-state index contributed by atoms with van der Waals surface area (Å²) in [6, 6.07) is 16.7. The van der Waals surface area contributed by atoms with Crippen LogP contribution in [0.3, 0.4) is 0 Å². The van der Waals surface area contributed by atoms with Crippen LogP contribution in [0.15, 0.2) is 60.8 Å².